The molecule has 24 heavy (non-hydrogen) atoms. The second-order valence-electron chi connectivity index (χ2n) is 5.10. The topological polar surface area (TPSA) is 47.3 Å². The predicted octanol–water partition coefficient (Wildman–Crippen LogP) is 4.74. The van der Waals surface area contributed by atoms with Crippen LogP contribution in [0.3, 0.4) is 0 Å². The maximum absolute atomic E-state index is 13.7. The molecule has 0 saturated heterocycles. The number of allylic oxidation sites excluding steroid dienone is 2. The third-order valence-corrected chi connectivity index (χ3v) is 3.52. The summed E-state index contributed by atoms with van der Waals surface area (Å²) in [5.74, 6) is 1.49. The number of fused-ring (bicyclic) bond motifs is 1. The van der Waals surface area contributed by atoms with Crippen LogP contribution in [0.2, 0.25) is 0 Å². The van der Waals surface area contributed by atoms with Crippen molar-refractivity contribution >= 4 is 28.9 Å². The lowest BCUT2D eigenvalue weighted by Crippen LogP contribution is -1.95. The molecule has 0 amide bonds. The number of benzene rings is 1. The van der Waals surface area contributed by atoms with Crippen LogP contribution in [0.5, 0.6) is 5.75 Å². The van der Waals surface area contributed by atoms with Gasteiger partial charge in [-0.2, -0.15) is 4.39 Å². The molecule has 1 aromatic carbocycles. The molecule has 0 aliphatic rings. The first-order chi connectivity index (χ1) is 11.7. The molecule has 0 aliphatic carbocycles. The van der Waals surface area contributed by atoms with Crippen LogP contribution in [-0.2, 0) is 0 Å². The number of hydrogen-bond acceptors (Lipinski definition) is 4. The second kappa shape index (κ2) is 7.00. The Morgan fingerprint density at radius 3 is 2.71 bits per heavy atom. The Bertz CT molecular complexity index is 913. The van der Waals surface area contributed by atoms with Crippen LogP contribution in [0.4, 0.5) is 10.2 Å². The van der Waals surface area contributed by atoms with Gasteiger partial charge in [-0.05, 0) is 42.5 Å². The minimum absolute atomic E-state index is 0.424. The minimum atomic E-state index is -0.512. The molecular weight excluding hydrogens is 307 g/mol. The third kappa shape index (κ3) is 3.46. The summed E-state index contributed by atoms with van der Waals surface area (Å²) >= 11 is 0. The van der Waals surface area contributed by atoms with E-state index < -0.39 is 5.95 Å². The fourth-order valence-electron chi connectivity index (χ4n) is 2.27. The van der Waals surface area contributed by atoms with Crippen molar-refractivity contribution in [3.63, 3.8) is 0 Å². The first-order valence-electron chi connectivity index (χ1n) is 7.46. The predicted molar refractivity (Wildman–Crippen MR) is 94.6 cm³/mol. The SMILES string of the molecule is CNc1ccc(/C=C/C=C/c2cc3cc(OC)ccc3o2)c(F)n1. The molecule has 1 N–H and O–H groups in total. The molecule has 2 aromatic heterocycles. The molecular formula is C19H17FN2O2. The maximum Gasteiger partial charge on any atom is 0.222 e. The Balaban J connectivity index is 1.74. The molecule has 4 nitrogen and oxygen atoms in total. The summed E-state index contributed by atoms with van der Waals surface area (Å²) in [6.07, 6.45) is 7.01. The van der Waals surface area contributed by atoms with Gasteiger partial charge in [0.15, 0.2) is 0 Å². The average Bonchev–Trinajstić information content (AvgIpc) is 3.01. The van der Waals surface area contributed by atoms with Gasteiger partial charge in [0.2, 0.25) is 5.95 Å². The van der Waals surface area contributed by atoms with Gasteiger partial charge < -0.3 is 14.5 Å². The summed E-state index contributed by atoms with van der Waals surface area (Å²) in [5, 5.41) is 3.76. The van der Waals surface area contributed by atoms with E-state index in [-0.39, 0.29) is 0 Å². The van der Waals surface area contributed by atoms with E-state index in [0.717, 1.165) is 16.7 Å². The molecule has 3 rings (SSSR count). The third-order valence-electron chi connectivity index (χ3n) is 3.52. The van der Waals surface area contributed by atoms with Crippen LogP contribution in [0, 0.1) is 5.95 Å². The molecule has 0 saturated carbocycles. The van der Waals surface area contributed by atoms with Gasteiger partial charge in [-0.25, -0.2) is 4.98 Å². The number of furan rings is 1. The highest BCUT2D eigenvalue weighted by Gasteiger charge is 2.03. The van der Waals surface area contributed by atoms with Crippen molar-refractivity contribution in [2.75, 3.05) is 19.5 Å². The van der Waals surface area contributed by atoms with E-state index in [0.29, 0.717) is 17.1 Å². The van der Waals surface area contributed by atoms with Gasteiger partial charge in [0.05, 0.1) is 7.11 Å². The summed E-state index contributed by atoms with van der Waals surface area (Å²) in [4.78, 5) is 3.79. The Morgan fingerprint density at radius 1 is 1.12 bits per heavy atom. The highest BCUT2D eigenvalue weighted by Crippen LogP contribution is 2.24. The Labute approximate surface area is 139 Å². The molecule has 0 spiro atoms. The van der Waals surface area contributed by atoms with Crippen molar-refractivity contribution in [2.24, 2.45) is 0 Å². The molecule has 122 valence electrons. The number of nitrogens with one attached hydrogen (secondary N) is 1. The minimum Gasteiger partial charge on any atom is -0.497 e. The van der Waals surface area contributed by atoms with Crippen molar-refractivity contribution in [1.82, 2.24) is 4.98 Å². The summed E-state index contributed by atoms with van der Waals surface area (Å²) in [6, 6.07) is 10.9. The highest BCUT2D eigenvalue weighted by molar-refractivity contribution is 5.81. The van der Waals surface area contributed by atoms with Crippen molar-refractivity contribution in [3.8, 4) is 5.75 Å². The number of methoxy groups -OCH3 is 1. The zero-order chi connectivity index (χ0) is 16.9. The molecule has 0 aliphatic heterocycles. The number of anilines is 1. The van der Waals surface area contributed by atoms with Gasteiger partial charge in [-0.1, -0.05) is 18.2 Å². The van der Waals surface area contributed by atoms with Gasteiger partial charge in [0.25, 0.3) is 0 Å². The first-order valence-corrected chi connectivity index (χ1v) is 7.46. The van der Waals surface area contributed by atoms with Crippen LogP contribution in [0.1, 0.15) is 11.3 Å². The standard InChI is InChI=1S/C19H17FN2O2/c1-21-18-10-7-13(19(20)22-18)5-3-4-6-16-12-14-11-15(23-2)8-9-17(14)24-16/h3-12H,1-2H3,(H,21,22)/b5-3+,6-4+. The lowest BCUT2D eigenvalue weighted by Gasteiger charge is -2.00. The Hall–Kier alpha value is -3.08. The van der Waals surface area contributed by atoms with Crippen molar-refractivity contribution in [2.45, 2.75) is 0 Å². The van der Waals surface area contributed by atoms with Gasteiger partial charge in [-0.15, -0.1) is 0 Å². The van der Waals surface area contributed by atoms with Gasteiger partial charge in [0.1, 0.15) is 22.9 Å². The van der Waals surface area contributed by atoms with E-state index in [4.69, 9.17) is 9.15 Å². The first kappa shape index (κ1) is 15.8. The zero-order valence-electron chi connectivity index (χ0n) is 13.4. The summed E-state index contributed by atoms with van der Waals surface area (Å²) in [6.45, 7) is 0. The molecule has 2 heterocycles. The number of ether oxygens (including phenoxy) is 1. The fourth-order valence-corrected chi connectivity index (χ4v) is 2.27. The quantitative estimate of drug-likeness (QED) is 0.544. The smallest absolute Gasteiger partial charge is 0.222 e. The number of halogens is 1. The van der Waals surface area contributed by atoms with Gasteiger partial charge in [-0.3, -0.25) is 0 Å². The molecule has 0 bridgehead atoms. The number of rotatable bonds is 5. The van der Waals surface area contributed by atoms with E-state index in [1.165, 1.54) is 0 Å². The molecule has 0 fully saturated rings. The van der Waals surface area contributed by atoms with Crippen LogP contribution >= 0.6 is 0 Å². The van der Waals surface area contributed by atoms with E-state index in [9.17, 15) is 4.39 Å². The molecule has 0 unspecified atom stereocenters. The lowest BCUT2D eigenvalue weighted by atomic mass is 10.2. The molecule has 0 atom stereocenters. The summed E-state index contributed by atoms with van der Waals surface area (Å²) in [5.41, 5.74) is 1.21. The fraction of sp³-hybridized carbons (Fsp3) is 0.105. The van der Waals surface area contributed by atoms with E-state index in [2.05, 4.69) is 10.3 Å². The van der Waals surface area contributed by atoms with Gasteiger partial charge >= 0.3 is 0 Å². The molecule has 5 heteroatoms. The summed E-state index contributed by atoms with van der Waals surface area (Å²) in [7, 11) is 3.33. The van der Waals surface area contributed by atoms with Crippen molar-refractivity contribution < 1.29 is 13.5 Å². The Morgan fingerprint density at radius 2 is 1.96 bits per heavy atom. The van der Waals surface area contributed by atoms with E-state index in [1.54, 1.807) is 44.5 Å². The number of aromatic nitrogens is 1. The van der Waals surface area contributed by atoms with Crippen LogP contribution < -0.4 is 10.1 Å². The zero-order valence-corrected chi connectivity index (χ0v) is 13.4. The molecule has 0 radical (unpaired) electrons. The van der Waals surface area contributed by atoms with Crippen LogP contribution in [0.15, 0.2) is 53.0 Å². The van der Waals surface area contributed by atoms with Crippen molar-refractivity contribution in [3.05, 3.63) is 65.8 Å². The number of nitrogens with zero attached hydrogens (tertiary/aromatic N) is 1. The maximum atomic E-state index is 13.7. The summed E-state index contributed by atoms with van der Waals surface area (Å²) < 4.78 is 24.6. The van der Waals surface area contributed by atoms with Crippen molar-refractivity contribution in [1.29, 1.82) is 0 Å². The monoisotopic (exact) mass is 324 g/mol. The number of pyridine rings is 1. The van der Waals surface area contributed by atoms with Gasteiger partial charge in [0, 0.05) is 18.0 Å². The second-order valence-corrected chi connectivity index (χ2v) is 5.10. The normalized spacial score (nSPS) is 11.6. The molecule has 3 aromatic rings. The van der Waals surface area contributed by atoms with E-state index in [1.807, 2.05) is 30.3 Å². The largest absolute Gasteiger partial charge is 0.497 e. The van der Waals surface area contributed by atoms with Crippen LogP contribution in [-0.4, -0.2) is 19.1 Å². The van der Waals surface area contributed by atoms with E-state index >= 15 is 0 Å². The highest BCUT2D eigenvalue weighted by atomic mass is 19.1. The Kier molecular flexibility index (Phi) is 4.61. The van der Waals surface area contributed by atoms with Crippen LogP contribution in [0.25, 0.3) is 23.1 Å². The average molecular weight is 324 g/mol. The lowest BCUT2D eigenvalue weighted by molar-refractivity contribution is 0.415. The number of hydrogen-bond donors (Lipinski definition) is 1.